The van der Waals surface area contributed by atoms with Crippen LogP contribution in [-0.4, -0.2) is 64.2 Å². The molecule has 0 bridgehead atoms. The fourth-order valence-corrected chi connectivity index (χ4v) is 4.42. The van der Waals surface area contributed by atoms with Gasteiger partial charge in [0, 0.05) is 13.1 Å². The molecule has 2 fully saturated rings. The Morgan fingerprint density at radius 3 is 1.97 bits per heavy atom. The summed E-state index contributed by atoms with van der Waals surface area (Å²) in [7, 11) is 0. The summed E-state index contributed by atoms with van der Waals surface area (Å²) in [6, 6.07) is 7.92. The molecule has 1 atom stereocenters. The van der Waals surface area contributed by atoms with Gasteiger partial charge in [-0.2, -0.15) is 5.01 Å². The maximum absolute atomic E-state index is 13.3. The molecule has 0 aromatic heterocycles. The zero-order chi connectivity index (χ0) is 22.9. The van der Waals surface area contributed by atoms with Crippen LogP contribution < -0.4 is 5.01 Å². The predicted octanol–water partition coefficient (Wildman–Crippen LogP) is 4.54. The van der Waals surface area contributed by atoms with Crippen molar-refractivity contribution < 1.29 is 19.1 Å². The topological polar surface area (TPSA) is 65.6 Å². The van der Waals surface area contributed by atoms with Crippen molar-refractivity contribution in [3.63, 3.8) is 0 Å². The number of hydrogen-bond acceptors (Lipinski definition) is 6. The number of carbonyl (C=O) groups excluding carboxylic acids is 2. The van der Waals surface area contributed by atoms with Crippen LogP contribution in [0.2, 0.25) is 0 Å². The van der Waals surface area contributed by atoms with Crippen LogP contribution in [0.15, 0.2) is 24.3 Å². The molecule has 8 nitrogen and oxygen atoms in total. The molecule has 1 aromatic rings. The van der Waals surface area contributed by atoms with E-state index in [1.807, 2.05) is 50.0 Å². The fourth-order valence-electron chi connectivity index (χ4n) is 4.42. The Kier molecular flexibility index (Phi) is 6.69. The van der Waals surface area contributed by atoms with Gasteiger partial charge in [-0.15, -0.1) is 5.12 Å². The highest BCUT2D eigenvalue weighted by atomic mass is 16.6. The Labute approximate surface area is 185 Å². The van der Waals surface area contributed by atoms with Crippen molar-refractivity contribution in [2.45, 2.75) is 85.2 Å². The van der Waals surface area contributed by atoms with Gasteiger partial charge in [0.15, 0.2) is 0 Å². The molecule has 0 saturated carbocycles. The zero-order valence-corrected chi connectivity index (χ0v) is 19.8. The Balaban J connectivity index is 2.14. The third kappa shape index (κ3) is 4.59. The molecule has 8 heteroatoms. The highest BCUT2D eigenvalue weighted by Gasteiger charge is 2.59. The number of benzene rings is 1. The summed E-state index contributed by atoms with van der Waals surface area (Å²) in [5.41, 5.74) is 1.30. The minimum absolute atomic E-state index is 0.314. The van der Waals surface area contributed by atoms with Gasteiger partial charge in [0.2, 0.25) is 0 Å². The van der Waals surface area contributed by atoms with Crippen LogP contribution in [0, 0.1) is 6.92 Å². The number of nitrogens with zero attached hydrogens (tertiary/aromatic N) is 4. The van der Waals surface area contributed by atoms with Crippen LogP contribution in [0.4, 0.5) is 15.3 Å². The van der Waals surface area contributed by atoms with E-state index in [4.69, 9.17) is 9.47 Å². The molecule has 1 unspecified atom stereocenters. The second-order valence-corrected chi connectivity index (χ2v) is 9.42. The Bertz CT molecular complexity index is 787. The molecule has 31 heavy (non-hydrogen) atoms. The number of rotatable bonds is 4. The molecule has 2 aliphatic heterocycles. The van der Waals surface area contributed by atoms with E-state index in [2.05, 4.69) is 4.90 Å². The molecular formula is C23H36N4O4. The number of likely N-dealkylation sites (tertiary alicyclic amines) is 1. The minimum atomic E-state index is -0.619. The molecule has 172 valence electrons. The predicted molar refractivity (Wildman–Crippen MR) is 119 cm³/mol. The summed E-state index contributed by atoms with van der Waals surface area (Å²) in [6.07, 6.45) is -0.0829. The lowest BCUT2D eigenvalue weighted by Gasteiger charge is -2.38. The van der Waals surface area contributed by atoms with Gasteiger partial charge in [0.1, 0.15) is 6.17 Å². The normalized spacial score (nSPS) is 21.3. The van der Waals surface area contributed by atoms with Crippen molar-refractivity contribution in [2.75, 3.05) is 18.1 Å². The van der Waals surface area contributed by atoms with Gasteiger partial charge in [0.05, 0.1) is 23.4 Å². The summed E-state index contributed by atoms with van der Waals surface area (Å²) in [5.74, 6) is 0. The first-order chi connectivity index (χ1) is 14.5. The Hall–Kier alpha value is -2.48. The molecule has 0 N–H and O–H groups in total. The molecular weight excluding hydrogens is 396 g/mol. The largest absolute Gasteiger partial charge is 0.449 e. The van der Waals surface area contributed by atoms with E-state index < -0.39 is 17.7 Å². The summed E-state index contributed by atoms with van der Waals surface area (Å²) in [5, 5.41) is 4.63. The van der Waals surface area contributed by atoms with Gasteiger partial charge in [-0.25, -0.2) is 9.59 Å². The van der Waals surface area contributed by atoms with E-state index in [0.717, 1.165) is 37.2 Å². The molecule has 2 aliphatic rings. The van der Waals surface area contributed by atoms with Crippen LogP contribution in [0.25, 0.3) is 0 Å². The summed E-state index contributed by atoms with van der Waals surface area (Å²) in [6.45, 7) is 15.0. The second-order valence-electron chi connectivity index (χ2n) is 9.42. The number of anilines is 1. The third-order valence-electron chi connectivity index (χ3n) is 5.59. The lowest BCUT2D eigenvalue weighted by Crippen LogP contribution is -2.57. The van der Waals surface area contributed by atoms with E-state index >= 15 is 0 Å². The molecule has 2 amide bonds. The minimum Gasteiger partial charge on any atom is -0.445 e. The van der Waals surface area contributed by atoms with Crippen LogP contribution in [0.5, 0.6) is 0 Å². The van der Waals surface area contributed by atoms with Crippen molar-refractivity contribution in [2.24, 2.45) is 0 Å². The molecule has 1 aromatic carbocycles. The number of hydrogen-bond donors (Lipinski definition) is 0. The van der Waals surface area contributed by atoms with E-state index in [9.17, 15) is 9.59 Å². The van der Waals surface area contributed by atoms with Crippen LogP contribution in [0.1, 0.15) is 59.9 Å². The lowest BCUT2D eigenvalue weighted by atomic mass is 9.98. The maximum atomic E-state index is 13.3. The summed E-state index contributed by atoms with van der Waals surface area (Å²) in [4.78, 5) is 28.9. The maximum Gasteiger partial charge on any atom is 0.449 e. The van der Waals surface area contributed by atoms with Crippen molar-refractivity contribution in [1.82, 2.24) is 15.0 Å². The van der Waals surface area contributed by atoms with Crippen LogP contribution >= 0.6 is 0 Å². The highest BCUT2D eigenvalue weighted by Crippen LogP contribution is 2.42. The monoisotopic (exact) mass is 432 g/mol. The van der Waals surface area contributed by atoms with E-state index in [1.165, 1.54) is 10.1 Å². The van der Waals surface area contributed by atoms with Crippen LogP contribution in [-0.2, 0) is 9.47 Å². The van der Waals surface area contributed by atoms with Gasteiger partial charge < -0.3 is 9.47 Å². The molecule has 2 heterocycles. The van der Waals surface area contributed by atoms with Gasteiger partial charge in [-0.1, -0.05) is 17.7 Å². The second kappa shape index (κ2) is 8.94. The SMILES string of the molecule is Cc1ccc(N2N(C(=O)OC(C)C)N(C(=O)OC(C)C)C(N3CCCC3)C2(C)C)cc1. The van der Waals surface area contributed by atoms with Gasteiger partial charge in [0.25, 0.3) is 0 Å². The zero-order valence-electron chi connectivity index (χ0n) is 19.8. The molecule has 0 spiro atoms. The van der Waals surface area contributed by atoms with Crippen molar-refractivity contribution in [3.05, 3.63) is 29.8 Å². The highest BCUT2D eigenvalue weighted by molar-refractivity contribution is 5.78. The van der Waals surface area contributed by atoms with Gasteiger partial charge in [-0.05, 0) is 73.4 Å². The first-order valence-corrected chi connectivity index (χ1v) is 11.2. The lowest BCUT2D eigenvalue weighted by molar-refractivity contribution is -0.0564. The van der Waals surface area contributed by atoms with Gasteiger partial charge >= 0.3 is 12.2 Å². The van der Waals surface area contributed by atoms with E-state index in [0.29, 0.717) is 0 Å². The average molecular weight is 433 g/mol. The number of ether oxygens (including phenoxy) is 2. The number of aryl methyl sites for hydroxylation is 1. The Morgan fingerprint density at radius 1 is 0.935 bits per heavy atom. The first-order valence-electron chi connectivity index (χ1n) is 11.2. The standard InChI is InChI=1S/C23H36N4O4/c1-16(2)30-21(28)25-20(24-14-8-9-15-24)23(6,7)26(19-12-10-18(5)11-13-19)27(25)22(29)31-17(3)4/h10-13,16-17,20H,8-9,14-15H2,1-7H3. The molecule has 0 radical (unpaired) electrons. The number of amides is 2. The van der Waals surface area contributed by atoms with Crippen molar-refractivity contribution in [1.29, 1.82) is 0 Å². The average Bonchev–Trinajstić information content (AvgIpc) is 3.25. The smallest absolute Gasteiger partial charge is 0.445 e. The number of carbonyl (C=O) groups is 2. The molecule has 0 aliphatic carbocycles. The van der Waals surface area contributed by atoms with Crippen molar-refractivity contribution in [3.8, 4) is 0 Å². The summed E-state index contributed by atoms with van der Waals surface area (Å²) < 4.78 is 11.2. The van der Waals surface area contributed by atoms with Crippen LogP contribution in [0.3, 0.4) is 0 Å². The summed E-state index contributed by atoms with van der Waals surface area (Å²) >= 11 is 0. The molecule has 2 saturated heterocycles. The van der Waals surface area contributed by atoms with Gasteiger partial charge in [-0.3, -0.25) is 9.91 Å². The quantitative estimate of drug-likeness (QED) is 0.696. The van der Waals surface area contributed by atoms with E-state index in [-0.39, 0.29) is 18.4 Å². The first kappa shape index (κ1) is 23.2. The Morgan fingerprint density at radius 2 is 1.45 bits per heavy atom. The number of hydrazine groups is 2. The van der Waals surface area contributed by atoms with Crippen molar-refractivity contribution >= 4 is 17.9 Å². The molecule has 3 rings (SSSR count). The third-order valence-corrected chi connectivity index (χ3v) is 5.59. The van der Waals surface area contributed by atoms with E-state index in [1.54, 1.807) is 27.7 Å². The fraction of sp³-hybridized carbons (Fsp3) is 0.652.